The molecule has 4 aromatic heterocycles. The quantitative estimate of drug-likeness (QED) is 0.279. The molecule has 0 aromatic carbocycles. The number of nitrogens with one attached hydrogen (secondary N) is 2. The zero-order chi connectivity index (χ0) is 34.9. The summed E-state index contributed by atoms with van der Waals surface area (Å²) in [4.78, 5) is 47.5. The average molecular weight is 626 g/mol. The molecule has 5 heterocycles. The summed E-state index contributed by atoms with van der Waals surface area (Å²) in [6, 6.07) is 3.00. The molecule has 1 aliphatic heterocycles. The van der Waals surface area contributed by atoms with E-state index in [0.29, 0.717) is 29.7 Å². The van der Waals surface area contributed by atoms with Gasteiger partial charge in [0.25, 0.3) is 0 Å². The molecule has 4 aromatic rings. The number of carbonyl (C=O) groups excluding carboxylic acids is 2. The van der Waals surface area contributed by atoms with Crippen LogP contribution in [0.3, 0.4) is 0 Å². The van der Waals surface area contributed by atoms with Crippen molar-refractivity contribution in [1.29, 1.82) is 0 Å². The number of hydrogen-bond donors (Lipinski definition) is 3. The molecular weight excluding hydrogens is 585 g/mol. The Morgan fingerprint density at radius 1 is 1.18 bits per heavy atom. The van der Waals surface area contributed by atoms with Gasteiger partial charge in [0.15, 0.2) is 5.82 Å². The number of carbonyl (C=O) groups is 2. The SMILES string of the molecule is [2H]C1(NC(=O)OC)CCC(n2c(=O)n(C([2H])([2H])[2H])c3cnc(Nc4ccc5c(C6CCOCC6)nc(C6(C(N)=O)CC(F)C6)n5n4)cc32)C1. The highest BCUT2D eigenvalue weighted by atomic mass is 19.1. The maximum atomic E-state index is 14.3. The summed E-state index contributed by atoms with van der Waals surface area (Å²) in [7, 11) is 1.19. The van der Waals surface area contributed by atoms with Crippen LogP contribution in [0.1, 0.15) is 73.9 Å². The normalized spacial score (nSPS) is 28.6. The fraction of sp³-hybridized carbons (Fsp3) is 0.533. The first kappa shape index (κ1) is 24.8. The maximum Gasteiger partial charge on any atom is 0.407 e. The Hall–Kier alpha value is -4.53. The summed E-state index contributed by atoms with van der Waals surface area (Å²) in [6.07, 6.45) is 1.12. The fourth-order valence-electron chi connectivity index (χ4n) is 6.86. The molecule has 0 radical (unpaired) electrons. The number of ether oxygens (including phenoxy) is 2. The summed E-state index contributed by atoms with van der Waals surface area (Å²) in [5, 5.41) is 10.3. The van der Waals surface area contributed by atoms with Gasteiger partial charge in [0.1, 0.15) is 23.2 Å². The van der Waals surface area contributed by atoms with Crippen LogP contribution in [0.25, 0.3) is 16.6 Å². The van der Waals surface area contributed by atoms with Crippen LogP contribution < -0.4 is 22.1 Å². The zero-order valence-electron chi connectivity index (χ0n) is 28.6. The third-order valence-electron chi connectivity index (χ3n) is 9.28. The molecule has 2 amide bonds. The predicted molar refractivity (Wildman–Crippen MR) is 161 cm³/mol. The third-order valence-corrected chi connectivity index (χ3v) is 9.28. The van der Waals surface area contributed by atoms with Crippen LogP contribution >= 0.6 is 0 Å². The second kappa shape index (κ2) is 11.1. The molecule has 2 aliphatic carbocycles. The highest BCUT2D eigenvalue weighted by Gasteiger charge is 2.54. The number of primary amides is 1. The molecule has 4 N–H and O–H groups in total. The van der Waals surface area contributed by atoms with Gasteiger partial charge in [-0.3, -0.25) is 13.9 Å². The average Bonchev–Trinajstić information content (AvgIpc) is 3.69. The van der Waals surface area contributed by atoms with Crippen molar-refractivity contribution in [3.05, 3.63) is 46.4 Å². The van der Waals surface area contributed by atoms with Crippen LogP contribution in [0, 0.1) is 0 Å². The van der Waals surface area contributed by atoms with Gasteiger partial charge in [0.2, 0.25) is 5.91 Å². The van der Waals surface area contributed by atoms with Crippen molar-refractivity contribution in [1.82, 2.24) is 34.0 Å². The lowest BCUT2D eigenvalue weighted by Gasteiger charge is -2.39. The first-order chi connectivity index (χ1) is 23.2. The Morgan fingerprint density at radius 3 is 2.69 bits per heavy atom. The van der Waals surface area contributed by atoms with E-state index in [2.05, 4.69) is 20.4 Å². The Morgan fingerprint density at radius 2 is 1.98 bits per heavy atom. The Kier molecular flexibility index (Phi) is 6.12. The second-order valence-corrected chi connectivity index (χ2v) is 12.0. The van der Waals surface area contributed by atoms with E-state index < -0.39 is 48.3 Å². The van der Waals surface area contributed by atoms with Crippen LogP contribution in [0.15, 0.2) is 29.2 Å². The lowest BCUT2D eigenvalue weighted by atomic mass is 9.66. The van der Waals surface area contributed by atoms with Crippen LogP contribution in [0.2, 0.25) is 0 Å². The van der Waals surface area contributed by atoms with E-state index >= 15 is 0 Å². The van der Waals surface area contributed by atoms with E-state index in [1.165, 1.54) is 28.5 Å². The van der Waals surface area contributed by atoms with Gasteiger partial charge in [-0.1, -0.05) is 0 Å². The Balaban J connectivity index is 1.29. The Bertz CT molecular complexity index is 2020. The lowest BCUT2D eigenvalue weighted by molar-refractivity contribution is -0.129. The summed E-state index contributed by atoms with van der Waals surface area (Å²) in [6.45, 7) is -1.69. The summed E-state index contributed by atoms with van der Waals surface area (Å²) in [5.74, 6) is 0.142. The molecule has 3 aliphatic rings. The van der Waals surface area contributed by atoms with Gasteiger partial charge in [-0.25, -0.2) is 28.5 Å². The van der Waals surface area contributed by atoms with Gasteiger partial charge in [0, 0.05) is 61.2 Å². The molecule has 15 heteroatoms. The van der Waals surface area contributed by atoms with Crippen molar-refractivity contribution in [2.24, 2.45) is 12.7 Å². The van der Waals surface area contributed by atoms with Crippen molar-refractivity contribution >= 4 is 40.2 Å². The molecule has 14 nitrogen and oxygen atoms in total. The number of hydrogen-bond acceptors (Lipinski definition) is 9. The highest BCUT2D eigenvalue weighted by molar-refractivity contribution is 5.87. The molecule has 45 heavy (non-hydrogen) atoms. The molecular formula is C30H36FN9O5. The van der Waals surface area contributed by atoms with Gasteiger partial charge in [-0.2, -0.15) is 0 Å². The minimum Gasteiger partial charge on any atom is -0.453 e. The third kappa shape index (κ3) is 4.89. The minimum absolute atomic E-state index is 0.0334. The number of halogens is 1. The lowest BCUT2D eigenvalue weighted by Crippen LogP contribution is -2.53. The van der Waals surface area contributed by atoms with Crippen LogP contribution in [-0.2, 0) is 26.7 Å². The van der Waals surface area contributed by atoms with Crippen molar-refractivity contribution in [2.45, 2.75) is 74.5 Å². The number of aryl methyl sites for hydroxylation is 1. The van der Waals surface area contributed by atoms with Crippen LogP contribution in [0.5, 0.6) is 0 Å². The van der Waals surface area contributed by atoms with Gasteiger partial charge in [-0.05, 0) is 44.2 Å². The smallest absolute Gasteiger partial charge is 0.407 e. The number of nitrogens with two attached hydrogens (primary N) is 1. The number of anilines is 2. The molecule has 0 bridgehead atoms. The number of fused-ring (bicyclic) bond motifs is 2. The van der Waals surface area contributed by atoms with Gasteiger partial charge < -0.3 is 25.8 Å². The molecule has 3 fully saturated rings. The monoisotopic (exact) mass is 625 g/mol. The summed E-state index contributed by atoms with van der Waals surface area (Å²) in [5.41, 5.74) is 5.43. The van der Waals surface area contributed by atoms with Crippen LogP contribution in [0.4, 0.5) is 20.8 Å². The van der Waals surface area contributed by atoms with Gasteiger partial charge >= 0.3 is 11.8 Å². The number of imidazole rings is 2. The Labute approximate surface area is 262 Å². The molecule has 2 unspecified atom stereocenters. The topological polar surface area (TPSA) is 173 Å². The number of rotatable bonds is 7. The molecule has 7 rings (SSSR count). The first-order valence-corrected chi connectivity index (χ1v) is 14.9. The number of methoxy groups -OCH3 is 1. The van der Waals surface area contributed by atoms with Crippen LogP contribution in [-0.4, -0.2) is 73.2 Å². The highest BCUT2D eigenvalue weighted by Crippen LogP contribution is 2.46. The van der Waals surface area contributed by atoms with E-state index in [4.69, 9.17) is 26.0 Å². The van der Waals surface area contributed by atoms with Crippen molar-refractivity contribution in [3.63, 3.8) is 0 Å². The number of amides is 2. The van der Waals surface area contributed by atoms with Crippen molar-refractivity contribution < 1.29 is 28.9 Å². The second-order valence-electron chi connectivity index (χ2n) is 12.0. The van der Waals surface area contributed by atoms with E-state index in [9.17, 15) is 18.8 Å². The maximum absolute atomic E-state index is 14.3. The molecule has 2 saturated carbocycles. The molecule has 1 saturated heterocycles. The standard InChI is InChI=1S/C30H36FN9O5/c1-38-22-15-33-24(12-21(22)39(29(38)43)19-4-3-18(11-19)34-28(42)44-2)35-23-6-5-20-25(16-7-9-45-10-8-16)36-27(40(20)37-23)30(26(32)41)13-17(31)14-30/h5-6,12,15-19H,3-4,7-11,13-14H2,1-2H3,(H2,32,41)(H,34,42)(H,33,35,37)/i1D3,18D. The largest absolute Gasteiger partial charge is 0.453 e. The number of aromatic nitrogens is 6. The molecule has 2 atom stereocenters. The van der Waals surface area contributed by atoms with E-state index in [1.807, 2.05) is 0 Å². The first-order valence-electron chi connectivity index (χ1n) is 16.9. The number of alkyl carbamates (subject to hydrolysis) is 1. The predicted octanol–water partition coefficient (Wildman–Crippen LogP) is 2.72. The molecule has 0 spiro atoms. The van der Waals surface area contributed by atoms with Crippen molar-refractivity contribution in [2.75, 3.05) is 25.6 Å². The number of pyridine rings is 1. The van der Waals surface area contributed by atoms with Gasteiger partial charge in [0.05, 0.1) is 36.9 Å². The van der Waals surface area contributed by atoms with E-state index in [1.54, 1.807) is 12.1 Å². The van der Waals surface area contributed by atoms with E-state index in [-0.39, 0.29) is 60.1 Å². The summed E-state index contributed by atoms with van der Waals surface area (Å²) >= 11 is 0. The van der Waals surface area contributed by atoms with E-state index in [0.717, 1.165) is 18.5 Å². The minimum atomic E-state index is -2.82. The summed E-state index contributed by atoms with van der Waals surface area (Å²) < 4.78 is 60.8. The van der Waals surface area contributed by atoms with Crippen molar-refractivity contribution in [3.8, 4) is 0 Å². The fourth-order valence-corrected chi connectivity index (χ4v) is 6.86. The number of nitrogens with zero attached hydrogens (tertiary/aromatic N) is 6. The molecule has 238 valence electrons. The van der Waals surface area contributed by atoms with Gasteiger partial charge in [-0.15, -0.1) is 5.10 Å². The number of alkyl halides is 1. The zero-order valence-corrected chi connectivity index (χ0v) is 24.6.